The number of nitrogens with one attached hydrogen (secondary N) is 1. The number of carbonyl (C=O) groups excluding carboxylic acids is 1. The average Bonchev–Trinajstić information content (AvgIpc) is 3.29. The fraction of sp³-hybridized carbons (Fsp3) is 0.346. The number of benzene rings is 1. The lowest BCUT2D eigenvalue weighted by Crippen LogP contribution is -2.38. The Morgan fingerprint density at radius 1 is 1.23 bits per heavy atom. The van der Waals surface area contributed by atoms with Crippen LogP contribution in [-0.2, 0) is 12.0 Å². The van der Waals surface area contributed by atoms with E-state index in [-0.39, 0.29) is 17.8 Å². The molecule has 1 aliphatic rings. The van der Waals surface area contributed by atoms with Gasteiger partial charge in [-0.15, -0.1) is 0 Å². The zero-order valence-electron chi connectivity index (χ0n) is 19.2. The number of hydrogen-bond acceptors (Lipinski definition) is 6. The summed E-state index contributed by atoms with van der Waals surface area (Å²) in [6.45, 7) is 0. The van der Waals surface area contributed by atoms with E-state index in [1.54, 1.807) is 16.9 Å². The third-order valence-corrected chi connectivity index (χ3v) is 6.82. The SMILES string of the molecule is N#CCC1(n2cc(C(N)=O)c(Nc3ccnc(F)c3)n2)CCC(CCc2ccc(C#N)cc2)CC1. The Kier molecular flexibility index (Phi) is 7.07. The summed E-state index contributed by atoms with van der Waals surface area (Å²) < 4.78 is 15.2. The number of halogens is 1. The van der Waals surface area contributed by atoms with Gasteiger partial charge in [0.05, 0.1) is 29.7 Å². The Bertz CT molecular complexity index is 1280. The van der Waals surface area contributed by atoms with Crippen molar-refractivity contribution in [1.29, 1.82) is 10.5 Å². The van der Waals surface area contributed by atoms with Crippen LogP contribution >= 0.6 is 0 Å². The van der Waals surface area contributed by atoms with Gasteiger partial charge >= 0.3 is 0 Å². The molecular weight excluding hydrogens is 445 g/mol. The number of anilines is 2. The molecule has 0 bridgehead atoms. The van der Waals surface area contributed by atoms with Crippen molar-refractivity contribution in [2.45, 2.75) is 50.5 Å². The third-order valence-electron chi connectivity index (χ3n) is 6.82. The Balaban J connectivity index is 1.48. The van der Waals surface area contributed by atoms with Gasteiger partial charge in [0.25, 0.3) is 5.91 Å². The van der Waals surface area contributed by atoms with Gasteiger partial charge < -0.3 is 11.1 Å². The van der Waals surface area contributed by atoms with Crippen LogP contribution in [0.2, 0.25) is 0 Å². The van der Waals surface area contributed by atoms with Crippen molar-refractivity contribution in [3.05, 3.63) is 71.4 Å². The van der Waals surface area contributed by atoms with E-state index in [2.05, 4.69) is 27.5 Å². The highest BCUT2D eigenvalue weighted by atomic mass is 19.1. The second kappa shape index (κ2) is 10.4. The molecule has 0 spiro atoms. The van der Waals surface area contributed by atoms with Crippen LogP contribution in [0.3, 0.4) is 0 Å². The zero-order valence-corrected chi connectivity index (χ0v) is 19.2. The van der Waals surface area contributed by atoms with E-state index in [1.165, 1.54) is 17.8 Å². The number of aryl methyl sites for hydroxylation is 1. The molecule has 1 amide bonds. The van der Waals surface area contributed by atoms with Gasteiger partial charge in [-0.25, -0.2) is 4.98 Å². The molecule has 0 unspecified atom stereocenters. The van der Waals surface area contributed by atoms with Crippen molar-refractivity contribution >= 4 is 17.4 Å². The number of nitriles is 2. The molecule has 2 aromatic heterocycles. The highest BCUT2D eigenvalue weighted by molar-refractivity contribution is 5.98. The Labute approximate surface area is 203 Å². The first-order valence-electron chi connectivity index (χ1n) is 11.6. The summed E-state index contributed by atoms with van der Waals surface area (Å²) in [5.41, 5.74) is 7.50. The molecule has 178 valence electrons. The summed E-state index contributed by atoms with van der Waals surface area (Å²) in [4.78, 5) is 15.6. The van der Waals surface area contributed by atoms with Crippen LogP contribution in [0.25, 0.3) is 0 Å². The number of aromatic nitrogens is 3. The maximum absolute atomic E-state index is 13.5. The highest BCUT2D eigenvalue weighted by Crippen LogP contribution is 2.42. The normalized spacial score (nSPS) is 19.5. The van der Waals surface area contributed by atoms with E-state index in [4.69, 9.17) is 11.0 Å². The predicted molar refractivity (Wildman–Crippen MR) is 128 cm³/mol. The summed E-state index contributed by atoms with van der Waals surface area (Å²) in [5, 5.41) is 26.1. The predicted octanol–water partition coefficient (Wildman–Crippen LogP) is 4.56. The van der Waals surface area contributed by atoms with Crippen molar-refractivity contribution in [3.8, 4) is 12.1 Å². The molecule has 0 radical (unpaired) electrons. The maximum Gasteiger partial charge on any atom is 0.254 e. The molecule has 1 fully saturated rings. The van der Waals surface area contributed by atoms with Crippen molar-refractivity contribution in [1.82, 2.24) is 14.8 Å². The topological polar surface area (TPSA) is 133 Å². The minimum absolute atomic E-state index is 0.183. The fourth-order valence-corrected chi connectivity index (χ4v) is 4.76. The van der Waals surface area contributed by atoms with E-state index in [0.29, 0.717) is 17.2 Å². The van der Waals surface area contributed by atoms with Gasteiger partial charge in [-0.3, -0.25) is 9.48 Å². The molecule has 1 aliphatic carbocycles. The van der Waals surface area contributed by atoms with Gasteiger partial charge in [-0.05, 0) is 68.2 Å². The average molecular weight is 472 g/mol. The molecule has 35 heavy (non-hydrogen) atoms. The zero-order chi connectivity index (χ0) is 24.8. The van der Waals surface area contributed by atoms with E-state index >= 15 is 0 Å². The van der Waals surface area contributed by atoms with E-state index in [9.17, 15) is 14.4 Å². The van der Waals surface area contributed by atoms with Gasteiger partial charge in [0.15, 0.2) is 5.82 Å². The smallest absolute Gasteiger partial charge is 0.254 e. The highest BCUT2D eigenvalue weighted by Gasteiger charge is 2.38. The quantitative estimate of drug-likeness (QED) is 0.463. The Hall–Kier alpha value is -4.24. The molecule has 8 nitrogen and oxygen atoms in total. The Morgan fingerprint density at radius 3 is 2.60 bits per heavy atom. The van der Waals surface area contributed by atoms with E-state index in [0.717, 1.165) is 38.5 Å². The summed E-state index contributed by atoms with van der Waals surface area (Å²) in [6.07, 6.45) is 8.50. The van der Waals surface area contributed by atoms with Crippen LogP contribution in [0.1, 0.15) is 60.0 Å². The lowest BCUT2D eigenvalue weighted by Gasteiger charge is -2.39. The molecule has 3 N–H and O–H groups in total. The molecule has 1 aromatic carbocycles. The summed E-state index contributed by atoms with van der Waals surface area (Å²) in [7, 11) is 0. The maximum atomic E-state index is 13.5. The molecule has 0 aliphatic heterocycles. The second-order valence-corrected chi connectivity index (χ2v) is 9.04. The summed E-state index contributed by atoms with van der Waals surface area (Å²) in [6, 6.07) is 14.9. The van der Waals surface area contributed by atoms with E-state index in [1.807, 2.05) is 24.3 Å². The molecule has 2 heterocycles. The monoisotopic (exact) mass is 471 g/mol. The summed E-state index contributed by atoms with van der Waals surface area (Å²) in [5.74, 6) is -0.573. The third kappa shape index (κ3) is 5.47. The van der Waals surface area contributed by atoms with Gasteiger partial charge in [-0.2, -0.15) is 20.0 Å². The van der Waals surface area contributed by atoms with Crippen molar-refractivity contribution in [2.75, 3.05) is 5.32 Å². The number of pyridine rings is 1. The molecule has 9 heteroatoms. The van der Waals surface area contributed by atoms with Crippen molar-refractivity contribution < 1.29 is 9.18 Å². The fourth-order valence-electron chi connectivity index (χ4n) is 4.76. The summed E-state index contributed by atoms with van der Waals surface area (Å²) >= 11 is 0. The first-order chi connectivity index (χ1) is 16.9. The number of hydrogen-bond donors (Lipinski definition) is 2. The molecule has 4 rings (SSSR count). The Morgan fingerprint density at radius 2 is 1.97 bits per heavy atom. The number of amides is 1. The molecule has 3 aromatic rings. The van der Waals surface area contributed by atoms with Gasteiger partial charge in [0, 0.05) is 24.1 Å². The molecule has 1 saturated carbocycles. The number of carbonyl (C=O) groups is 1. The van der Waals surface area contributed by atoms with Crippen LogP contribution in [0.5, 0.6) is 0 Å². The number of nitrogens with zero attached hydrogens (tertiary/aromatic N) is 5. The van der Waals surface area contributed by atoms with Crippen LogP contribution in [0, 0.1) is 34.5 Å². The van der Waals surface area contributed by atoms with E-state index < -0.39 is 17.4 Å². The van der Waals surface area contributed by atoms with Gasteiger partial charge in [0.1, 0.15) is 5.56 Å². The van der Waals surface area contributed by atoms with Crippen LogP contribution in [0.15, 0.2) is 48.8 Å². The lowest BCUT2D eigenvalue weighted by molar-refractivity contribution is 0.1000. The number of nitrogens with two attached hydrogens (primary N) is 1. The number of primary amides is 1. The standard InChI is InChI=1S/C26H26FN7O/c27-23-15-21(9-14-31-23)32-25-22(24(30)35)17-34(33-25)26(12-13-28)10-7-19(8-11-26)2-1-18-3-5-20(16-29)6-4-18/h3-6,9,14-15,17,19H,1-2,7-8,10-12H2,(H2,30,35)(H,31,32,33). The lowest BCUT2D eigenvalue weighted by atomic mass is 9.73. The van der Waals surface area contributed by atoms with Crippen molar-refractivity contribution in [3.63, 3.8) is 0 Å². The van der Waals surface area contributed by atoms with Crippen molar-refractivity contribution in [2.24, 2.45) is 11.7 Å². The molecular formula is C26H26FN7O. The molecule has 0 atom stereocenters. The first kappa shape index (κ1) is 23.9. The van der Waals surface area contributed by atoms with Gasteiger partial charge in [-0.1, -0.05) is 12.1 Å². The molecule has 0 saturated heterocycles. The minimum Gasteiger partial charge on any atom is -0.365 e. The van der Waals surface area contributed by atoms with Gasteiger partial charge in [0.2, 0.25) is 5.95 Å². The number of rotatable bonds is 8. The largest absolute Gasteiger partial charge is 0.365 e. The minimum atomic E-state index is -0.657. The van der Waals surface area contributed by atoms with Crippen LogP contribution in [0.4, 0.5) is 15.9 Å². The first-order valence-corrected chi connectivity index (χ1v) is 11.6. The second-order valence-electron chi connectivity index (χ2n) is 9.04. The van der Waals surface area contributed by atoms with Crippen LogP contribution in [-0.4, -0.2) is 20.7 Å². The van der Waals surface area contributed by atoms with Crippen LogP contribution < -0.4 is 11.1 Å².